The first-order chi connectivity index (χ1) is 14.0. The van der Waals surface area contributed by atoms with E-state index in [0.717, 1.165) is 0 Å². The summed E-state index contributed by atoms with van der Waals surface area (Å²) in [6.07, 6.45) is 0.418. The number of benzene rings is 2. The van der Waals surface area contributed by atoms with Gasteiger partial charge in [0.15, 0.2) is 5.58 Å². The van der Waals surface area contributed by atoms with Gasteiger partial charge in [-0.2, -0.15) is 0 Å². The summed E-state index contributed by atoms with van der Waals surface area (Å²) in [4.78, 5) is 28.0. The number of aromatic nitrogens is 1. The van der Waals surface area contributed by atoms with Crippen LogP contribution in [0.4, 0.5) is 0 Å². The molecule has 0 amide bonds. The number of oxazole rings is 1. The summed E-state index contributed by atoms with van der Waals surface area (Å²) in [5, 5.41) is 0. The molecule has 1 aliphatic heterocycles. The number of rotatable bonds is 6. The van der Waals surface area contributed by atoms with Crippen molar-refractivity contribution in [1.29, 1.82) is 0 Å². The van der Waals surface area contributed by atoms with Gasteiger partial charge in [-0.25, -0.2) is 13.2 Å². The third-order valence-electron chi connectivity index (χ3n) is 4.39. The number of fused-ring (bicyclic) bond motifs is 2. The fourth-order valence-electron chi connectivity index (χ4n) is 3.07. The molecule has 3 aromatic rings. The summed E-state index contributed by atoms with van der Waals surface area (Å²) in [7, 11) is -3.64. The minimum atomic E-state index is -3.64. The Bertz CT molecular complexity index is 1270. The van der Waals surface area contributed by atoms with E-state index < -0.39 is 21.7 Å². The SMILES string of the molecule is O=C(CN=C1NS(=O)(=O)c2ccccc21)OCCCn1c(=O)oc2ccccc21. The average molecular weight is 415 g/mol. The number of para-hydroxylation sites is 2. The van der Waals surface area contributed by atoms with E-state index in [2.05, 4.69) is 9.71 Å². The van der Waals surface area contributed by atoms with E-state index in [0.29, 0.717) is 29.6 Å². The van der Waals surface area contributed by atoms with Gasteiger partial charge in [0.2, 0.25) is 0 Å². The molecule has 2 heterocycles. The van der Waals surface area contributed by atoms with Crippen molar-refractivity contribution in [3.8, 4) is 0 Å². The standard InChI is InChI=1S/C19H17N3O6S/c23-17(12-20-18-13-6-1-4-9-16(13)29(25,26)21-18)27-11-5-10-22-14-7-2-3-8-15(14)28-19(22)24/h1-4,6-9H,5,10-12H2,(H,20,21). The summed E-state index contributed by atoms with van der Waals surface area (Å²) in [6, 6.07) is 13.5. The largest absolute Gasteiger partial charge is 0.464 e. The fraction of sp³-hybridized carbons (Fsp3) is 0.211. The third-order valence-corrected chi connectivity index (χ3v) is 5.79. The Morgan fingerprint density at radius 1 is 1.14 bits per heavy atom. The van der Waals surface area contributed by atoms with Crippen LogP contribution < -0.4 is 10.5 Å². The van der Waals surface area contributed by atoms with Gasteiger partial charge in [0.05, 0.1) is 17.0 Å². The van der Waals surface area contributed by atoms with E-state index >= 15 is 0 Å². The molecule has 10 heteroatoms. The maximum Gasteiger partial charge on any atom is 0.419 e. The Morgan fingerprint density at radius 2 is 1.90 bits per heavy atom. The first-order valence-electron chi connectivity index (χ1n) is 8.86. The van der Waals surface area contributed by atoms with Gasteiger partial charge < -0.3 is 9.15 Å². The first kappa shape index (κ1) is 18.9. The molecule has 0 bridgehead atoms. The van der Waals surface area contributed by atoms with Gasteiger partial charge in [-0.15, -0.1) is 0 Å². The number of sulfonamides is 1. The molecule has 0 radical (unpaired) electrons. The van der Waals surface area contributed by atoms with Gasteiger partial charge in [-0.05, 0) is 30.7 Å². The molecule has 1 aromatic heterocycles. The number of aliphatic imine (C=N–C) groups is 1. The summed E-state index contributed by atoms with van der Waals surface area (Å²) < 4.78 is 38.1. The van der Waals surface area contributed by atoms with Crippen molar-refractivity contribution in [2.24, 2.45) is 4.99 Å². The molecule has 1 N–H and O–H groups in total. The number of hydrogen-bond donors (Lipinski definition) is 1. The van der Waals surface area contributed by atoms with E-state index in [1.165, 1.54) is 10.6 Å². The molecule has 0 saturated heterocycles. The summed E-state index contributed by atoms with van der Waals surface area (Å²) >= 11 is 0. The summed E-state index contributed by atoms with van der Waals surface area (Å²) in [6.45, 7) is 0.115. The van der Waals surface area contributed by atoms with Gasteiger partial charge in [0.25, 0.3) is 10.0 Å². The third kappa shape index (κ3) is 3.79. The minimum Gasteiger partial charge on any atom is -0.464 e. The van der Waals surface area contributed by atoms with Crippen LogP contribution in [-0.2, 0) is 26.1 Å². The smallest absolute Gasteiger partial charge is 0.419 e. The number of esters is 1. The molecule has 0 saturated carbocycles. The predicted molar refractivity (Wildman–Crippen MR) is 104 cm³/mol. The van der Waals surface area contributed by atoms with E-state index in [4.69, 9.17) is 9.15 Å². The van der Waals surface area contributed by atoms with Crippen LogP contribution in [-0.4, -0.2) is 37.9 Å². The number of nitrogens with zero attached hydrogens (tertiary/aromatic N) is 2. The highest BCUT2D eigenvalue weighted by Crippen LogP contribution is 2.22. The zero-order valence-electron chi connectivity index (χ0n) is 15.2. The molecular formula is C19H17N3O6S. The van der Waals surface area contributed by atoms with Crippen LogP contribution in [0.5, 0.6) is 0 Å². The van der Waals surface area contributed by atoms with Crippen LogP contribution in [0.2, 0.25) is 0 Å². The second kappa shape index (κ2) is 7.55. The Labute approximate surface area is 165 Å². The lowest BCUT2D eigenvalue weighted by Gasteiger charge is -2.04. The van der Waals surface area contributed by atoms with Gasteiger partial charge >= 0.3 is 11.7 Å². The lowest BCUT2D eigenvalue weighted by Crippen LogP contribution is -2.23. The second-order valence-corrected chi connectivity index (χ2v) is 7.98. The molecule has 0 aliphatic carbocycles. The highest BCUT2D eigenvalue weighted by atomic mass is 32.2. The monoisotopic (exact) mass is 415 g/mol. The minimum absolute atomic E-state index is 0.0952. The topological polar surface area (TPSA) is 120 Å². The number of carbonyl (C=O) groups is 1. The maximum absolute atomic E-state index is 12.0. The van der Waals surface area contributed by atoms with Crippen molar-refractivity contribution in [3.63, 3.8) is 0 Å². The molecule has 9 nitrogen and oxygen atoms in total. The quantitative estimate of drug-likeness (QED) is 0.478. The number of aryl methyl sites for hydroxylation is 1. The highest BCUT2D eigenvalue weighted by molar-refractivity contribution is 7.90. The second-order valence-electron chi connectivity index (χ2n) is 6.33. The molecule has 4 rings (SSSR count). The van der Waals surface area contributed by atoms with E-state index in [1.54, 1.807) is 36.4 Å². The van der Waals surface area contributed by atoms with Crippen molar-refractivity contribution in [2.75, 3.05) is 13.2 Å². The number of nitrogens with one attached hydrogen (secondary N) is 1. The predicted octanol–water partition coefficient (Wildman–Crippen LogP) is 1.27. The maximum atomic E-state index is 12.0. The molecule has 0 spiro atoms. The lowest BCUT2D eigenvalue weighted by molar-refractivity contribution is -0.142. The fourth-order valence-corrected chi connectivity index (χ4v) is 4.33. The molecule has 150 valence electrons. The molecule has 1 aliphatic rings. The summed E-state index contributed by atoms with van der Waals surface area (Å²) in [5.41, 5.74) is 1.61. The van der Waals surface area contributed by atoms with Crippen LogP contribution in [0.15, 0.2) is 67.6 Å². The van der Waals surface area contributed by atoms with E-state index in [-0.39, 0.29) is 23.9 Å². The molecule has 2 aromatic carbocycles. The number of hydrogen-bond acceptors (Lipinski definition) is 7. The highest BCUT2D eigenvalue weighted by Gasteiger charge is 2.30. The Kier molecular flexibility index (Phi) is 4.93. The Morgan fingerprint density at radius 3 is 2.76 bits per heavy atom. The van der Waals surface area contributed by atoms with E-state index in [1.807, 2.05) is 6.07 Å². The molecule has 0 fully saturated rings. The molecule has 0 atom stereocenters. The van der Waals surface area contributed by atoms with Gasteiger partial charge in [0.1, 0.15) is 12.4 Å². The zero-order chi connectivity index (χ0) is 20.4. The van der Waals surface area contributed by atoms with Crippen molar-refractivity contribution >= 4 is 32.9 Å². The number of ether oxygens (including phenoxy) is 1. The zero-order valence-corrected chi connectivity index (χ0v) is 16.0. The normalized spacial score (nSPS) is 15.9. The van der Waals surface area contributed by atoms with Crippen molar-refractivity contribution in [3.05, 3.63) is 64.6 Å². The molecule has 29 heavy (non-hydrogen) atoms. The van der Waals surface area contributed by atoms with Crippen molar-refractivity contribution in [2.45, 2.75) is 17.9 Å². The van der Waals surface area contributed by atoms with Crippen LogP contribution in [0.1, 0.15) is 12.0 Å². The molecular weight excluding hydrogens is 398 g/mol. The van der Waals surface area contributed by atoms with Crippen LogP contribution in [0.3, 0.4) is 0 Å². The van der Waals surface area contributed by atoms with Gasteiger partial charge in [-0.3, -0.25) is 19.1 Å². The average Bonchev–Trinajstić information content (AvgIpc) is 3.17. The summed E-state index contributed by atoms with van der Waals surface area (Å²) in [5.74, 6) is -0.935. The Hall–Kier alpha value is -3.40. The molecule has 0 unspecified atom stereocenters. The van der Waals surface area contributed by atoms with Gasteiger partial charge in [0, 0.05) is 12.1 Å². The lowest BCUT2D eigenvalue weighted by atomic mass is 10.2. The number of carbonyl (C=O) groups excluding carboxylic acids is 1. The van der Waals surface area contributed by atoms with Crippen LogP contribution >= 0.6 is 0 Å². The van der Waals surface area contributed by atoms with E-state index in [9.17, 15) is 18.0 Å². The van der Waals surface area contributed by atoms with Crippen molar-refractivity contribution < 1.29 is 22.4 Å². The van der Waals surface area contributed by atoms with Crippen LogP contribution in [0.25, 0.3) is 11.1 Å². The van der Waals surface area contributed by atoms with Gasteiger partial charge in [-0.1, -0.05) is 24.3 Å². The Balaban J connectivity index is 1.32. The first-order valence-corrected chi connectivity index (χ1v) is 10.3. The van der Waals surface area contributed by atoms with Crippen molar-refractivity contribution in [1.82, 2.24) is 9.29 Å². The number of amidine groups is 1. The van der Waals surface area contributed by atoms with Crippen LogP contribution in [0, 0.1) is 0 Å².